The molecule has 0 unspecified atom stereocenters. The Bertz CT molecular complexity index is 1450. The number of nitrogens with zero attached hydrogens (tertiary/aromatic N) is 2. The van der Waals surface area contributed by atoms with Crippen molar-refractivity contribution in [2.45, 2.75) is 13.5 Å². The lowest BCUT2D eigenvalue weighted by molar-refractivity contribution is 0.101. The average Bonchev–Trinajstić information content (AvgIpc) is 3.44. The van der Waals surface area contributed by atoms with Gasteiger partial charge in [-0.3, -0.25) is 4.79 Å². The molecule has 2 aromatic heterocycles. The van der Waals surface area contributed by atoms with E-state index < -0.39 is 0 Å². The highest BCUT2D eigenvalue weighted by molar-refractivity contribution is 6.30. The van der Waals surface area contributed by atoms with Gasteiger partial charge in [-0.05, 0) is 55.0 Å². The predicted molar refractivity (Wildman–Crippen MR) is 129 cm³/mol. The maximum absolute atomic E-state index is 13.6. The largest absolute Gasteiger partial charge is 0.497 e. The van der Waals surface area contributed by atoms with Crippen molar-refractivity contribution in [3.8, 4) is 17.2 Å². The number of methoxy groups -OCH3 is 1. The number of ether oxygens (including phenoxy) is 1. The molecule has 0 amide bonds. The summed E-state index contributed by atoms with van der Waals surface area (Å²) < 4.78 is 13.4. The number of benzene rings is 3. The van der Waals surface area contributed by atoms with Gasteiger partial charge in [-0.2, -0.15) is 0 Å². The highest BCUT2D eigenvalue weighted by atomic mass is 35.5. The van der Waals surface area contributed by atoms with Crippen LogP contribution in [-0.2, 0) is 6.54 Å². The van der Waals surface area contributed by atoms with Crippen LogP contribution in [0.1, 0.15) is 27.4 Å². The molecule has 5 aromatic rings. The zero-order valence-electron chi connectivity index (χ0n) is 18.2. The summed E-state index contributed by atoms with van der Waals surface area (Å²) in [6.07, 6.45) is 1.49. The molecule has 0 saturated carbocycles. The Balaban J connectivity index is 1.61. The Hall–Kier alpha value is -3.83. The molecular formula is C27H21ClN2O3. The van der Waals surface area contributed by atoms with Crippen LogP contribution in [0.3, 0.4) is 0 Å². The molecule has 5 rings (SSSR count). The Labute approximate surface area is 196 Å². The molecule has 0 aliphatic heterocycles. The molecule has 2 heterocycles. The van der Waals surface area contributed by atoms with E-state index in [0.717, 1.165) is 27.7 Å². The van der Waals surface area contributed by atoms with Crippen LogP contribution in [0, 0.1) is 6.92 Å². The van der Waals surface area contributed by atoms with E-state index in [0.29, 0.717) is 28.8 Å². The first kappa shape index (κ1) is 21.0. The van der Waals surface area contributed by atoms with E-state index in [1.165, 1.54) is 6.20 Å². The number of aromatic nitrogens is 2. The van der Waals surface area contributed by atoms with E-state index in [4.69, 9.17) is 20.8 Å². The fourth-order valence-electron chi connectivity index (χ4n) is 4.07. The number of ketones is 1. The van der Waals surface area contributed by atoms with Gasteiger partial charge < -0.3 is 13.7 Å². The van der Waals surface area contributed by atoms with Crippen molar-refractivity contribution < 1.29 is 13.9 Å². The van der Waals surface area contributed by atoms with E-state index in [2.05, 4.69) is 9.55 Å². The molecule has 0 fully saturated rings. The minimum atomic E-state index is -0.213. The zero-order chi connectivity index (χ0) is 22.9. The summed E-state index contributed by atoms with van der Waals surface area (Å²) in [5, 5.41) is 1.50. The number of hydrogen-bond donors (Lipinski definition) is 0. The second kappa shape index (κ2) is 8.60. The number of oxazole rings is 1. The zero-order valence-corrected chi connectivity index (χ0v) is 19.0. The summed E-state index contributed by atoms with van der Waals surface area (Å²) in [6.45, 7) is 2.55. The van der Waals surface area contributed by atoms with Gasteiger partial charge in [0.2, 0.25) is 11.7 Å². The molecular weight excluding hydrogens is 436 g/mol. The fourth-order valence-corrected chi connectivity index (χ4v) is 4.19. The van der Waals surface area contributed by atoms with Gasteiger partial charge in [-0.1, -0.05) is 41.9 Å². The minimum absolute atomic E-state index is 0.199. The molecule has 0 saturated heterocycles. The summed E-state index contributed by atoms with van der Waals surface area (Å²) in [6, 6.07) is 23.0. The van der Waals surface area contributed by atoms with Gasteiger partial charge in [-0.15, -0.1) is 0 Å². The number of hydrogen-bond acceptors (Lipinski definition) is 4. The van der Waals surface area contributed by atoms with Crippen LogP contribution in [0.2, 0.25) is 5.02 Å². The first-order valence-corrected chi connectivity index (χ1v) is 10.9. The fraction of sp³-hybridized carbons (Fsp3) is 0.111. The van der Waals surface area contributed by atoms with E-state index in [1.54, 1.807) is 7.11 Å². The monoisotopic (exact) mass is 456 g/mol. The molecule has 3 aromatic carbocycles. The van der Waals surface area contributed by atoms with Crippen LogP contribution in [0.5, 0.6) is 5.75 Å². The predicted octanol–water partition coefficient (Wildman–Crippen LogP) is 6.55. The van der Waals surface area contributed by atoms with Crippen LogP contribution in [0.15, 0.2) is 83.4 Å². The third-order valence-corrected chi connectivity index (χ3v) is 6.01. The SMILES string of the molecule is COc1ccc2c(c1)c(C(=O)c1cnc(-c3ccccc3)o1)c(C)n2Cc1ccc(Cl)cc1. The van der Waals surface area contributed by atoms with E-state index >= 15 is 0 Å². The molecule has 0 aliphatic carbocycles. The Morgan fingerprint density at radius 1 is 1.06 bits per heavy atom. The molecule has 0 spiro atoms. The van der Waals surface area contributed by atoms with Crippen molar-refractivity contribution >= 4 is 28.3 Å². The van der Waals surface area contributed by atoms with Crippen LogP contribution in [0.4, 0.5) is 0 Å². The van der Waals surface area contributed by atoms with Crippen molar-refractivity contribution in [1.29, 1.82) is 0 Å². The molecule has 0 atom stereocenters. The summed E-state index contributed by atoms with van der Waals surface area (Å²) in [5.74, 6) is 1.09. The first-order chi connectivity index (χ1) is 16.0. The second-order valence-corrected chi connectivity index (χ2v) is 8.22. The third kappa shape index (κ3) is 3.92. The van der Waals surface area contributed by atoms with Crippen molar-refractivity contribution in [2.75, 3.05) is 7.11 Å². The lowest BCUT2D eigenvalue weighted by atomic mass is 10.1. The molecule has 0 aliphatic rings. The molecule has 0 radical (unpaired) electrons. The van der Waals surface area contributed by atoms with Crippen molar-refractivity contribution in [3.63, 3.8) is 0 Å². The number of halogens is 1. The lowest BCUT2D eigenvalue weighted by Gasteiger charge is -2.09. The van der Waals surface area contributed by atoms with E-state index in [1.807, 2.05) is 79.7 Å². The van der Waals surface area contributed by atoms with Gasteiger partial charge in [0.15, 0.2) is 5.76 Å². The molecule has 0 N–H and O–H groups in total. The molecule has 6 heteroatoms. The van der Waals surface area contributed by atoms with Gasteiger partial charge in [0.1, 0.15) is 5.75 Å². The van der Waals surface area contributed by atoms with E-state index in [-0.39, 0.29) is 11.5 Å². The summed E-state index contributed by atoms with van der Waals surface area (Å²) >= 11 is 6.05. The molecule has 33 heavy (non-hydrogen) atoms. The quantitative estimate of drug-likeness (QED) is 0.272. The summed E-state index contributed by atoms with van der Waals surface area (Å²) in [5.41, 5.74) is 4.26. The van der Waals surface area contributed by atoms with Gasteiger partial charge in [0.25, 0.3) is 0 Å². The van der Waals surface area contributed by atoms with Gasteiger partial charge in [0.05, 0.1) is 18.9 Å². The maximum atomic E-state index is 13.6. The van der Waals surface area contributed by atoms with Crippen LogP contribution >= 0.6 is 11.6 Å². The summed E-state index contributed by atoms with van der Waals surface area (Å²) in [7, 11) is 1.61. The topological polar surface area (TPSA) is 57.3 Å². The smallest absolute Gasteiger partial charge is 0.232 e. The number of rotatable bonds is 6. The lowest BCUT2D eigenvalue weighted by Crippen LogP contribution is -2.05. The summed E-state index contributed by atoms with van der Waals surface area (Å²) in [4.78, 5) is 18.0. The van der Waals surface area contributed by atoms with Crippen LogP contribution in [0.25, 0.3) is 22.4 Å². The van der Waals surface area contributed by atoms with Crippen molar-refractivity contribution in [2.24, 2.45) is 0 Å². The van der Waals surface area contributed by atoms with Gasteiger partial charge in [-0.25, -0.2) is 4.98 Å². The van der Waals surface area contributed by atoms with Crippen molar-refractivity contribution in [3.05, 3.63) is 107 Å². The van der Waals surface area contributed by atoms with Crippen LogP contribution in [-0.4, -0.2) is 22.4 Å². The third-order valence-electron chi connectivity index (χ3n) is 5.76. The molecule has 0 bridgehead atoms. The Morgan fingerprint density at radius 2 is 1.82 bits per heavy atom. The molecule has 164 valence electrons. The highest BCUT2D eigenvalue weighted by Gasteiger charge is 2.25. The maximum Gasteiger partial charge on any atom is 0.232 e. The first-order valence-electron chi connectivity index (χ1n) is 10.5. The number of fused-ring (bicyclic) bond motifs is 1. The number of carbonyl (C=O) groups is 1. The van der Waals surface area contributed by atoms with Gasteiger partial charge >= 0.3 is 0 Å². The number of carbonyl (C=O) groups excluding carboxylic acids is 1. The highest BCUT2D eigenvalue weighted by Crippen LogP contribution is 2.32. The second-order valence-electron chi connectivity index (χ2n) is 7.78. The van der Waals surface area contributed by atoms with Crippen molar-refractivity contribution in [1.82, 2.24) is 9.55 Å². The standard InChI is InChI=1S/C27H21ClN2O3/c1-17-25(26(31)24-15-29-27(33-24)19-6-4-3-5-7-19)22-14-21(32-2)12-13-23(22)30(17)16-18-8-10-20(28)11-9-18/h3-15H,16H2,1-2H3. The Kier molecular flexibility index (Phi) is 5.48. The molecule has 5 nitrogen and oxygen atoms in total. The van der Waals surface area contributed by atoms with Gasteiger partial charge in [0, 0.05) is 33.7 Å². The minimum Gasteiger partial charge on any atom is -0.497 e. The Morgan fingerprint density at radius 3 is 2.55 bits per heavy atom. The van der Waals surface area contributed by atoms with Crippen LogP contribution < -0.4 is 4.74 Å². The average molecular weight is 457 g/mol. The van der Waals surface area contributed by atoms with E-state index in [9.17, 15) is 4.79 Å². The normalized spacial score (nSPS) is 11.1.